The summed E-state index contributed by atoms with van der Waals surface area (Å²) in [6.45, 7) is 4.14. The van der Waals surface area contributed by atoms with Crippen LogP contribution in [0, 0.1) is 6.92 Å². The molecule has 32 heavy (non-hydrogen) atoms. The Balaban J connectivity index is 1.48. The Kier molecular flexibility index (Phi) is 6.64. The summed E-state index contributed by atoms with van der Waals surface area (Å²) in [5, 5.41) is 4.15. The highest BCUT2D eigenvalue weighted by molar-refractivity contribution is 7.89. The van der Waals surface area contributed by atoms with Crippen molar-refractivity contribution in [3.05, 3.63) is 64.1 Å². The summed E-state index contributed by atoms with van der Waals surface area (Å²) in [7, 11) is -1.57. The molecule has 3 aromatic rings. The highest BCUT2D eigenvalue weighted by atomic mass is 35.5. The maximum Gasteiger partial charge on any atom is 0.267 e. The van der Waals surface area contributed by atoms with Gasteiger partial charge in [-0.2, -0.15) is 4.31 Å². The third kappa shape index (κ3) is 4.87. The number of rotatable bonds is 5. The van der Waals surface area contributed by atoms with E-state index >= 15 is 0 Å². The van der Waals surface area contributed by atoms with Crippen molar-refractivity contribution in [2.45, 2.75) is 11.8 Å². The molecule has 0 atom stereocenters. The average Bonchev–Trinajstić information content (AvgIpc) is 3.16. The van der Waals surface area contributed by atoms with Gasteiger partial charge in [-0.3, -0.25) is 4.79 Å². The number of carbonyl (C=O) groups is 1. The van der Waals surface area contributed by atoms with Gasteiger partial charge in [0.25, 0.3) is 5.91 Å². The Labute approximate surface area is 196 Å². The first-order valence-corrected chi connectivity index (χ1v) is 12.7. The molecule has 1 aliphatic heterocycles. The lowest BCUT2D eigenvalue weighted by Gasteiger charge is -2.31. The Morgan fingerprint density at radius 2 is 1.78 bits per heavy atom. The first-order valence-electron chi connectivity index (χ1n) is 10.1. The van der Waals surface area contributed by atoms with E-state index in [1.807, 2.05) is 19.2 Å². The van der Waals surface area contributed by atoms with Gasteiger partial charge >= 0.3 is 0 Å². The number of anilines is 1. The molecule has 1 aliphatic rings. The van der Waals surface area contributed by atoms with Gasteiger partial charge in [-0.25, -0.2) is 13.4 Å². The number of likely N-dealkylation sites (N-methyl/N-ethyl adjacent to an activating group) is 1. The van der Waals surface area contributed by atoms with Crippen LogP contribution in [0.25, 0.3) is 10.6 Å². The third-order valence-electron chi connectivity index (χ3n) is 5.29. The summed E-state index contributed by atoms with van der Waals surface area (Å²) in [6, 6.07) is 13.6. The van der Waals surface area contributed by atoms with E-state index in [4.69, 9.17) is 11.6 Å². The maximum absolute atomic E-state index is 12.9. The quantitative estimate of drug-likeness (QED) is 0.585. The highest BCUT2D eigenvalue weighted by Crippen LogP contribution is 2.30. The number of aromatic nitrogens is 1. The second-order valence-corrected chi connectivity index (χ2v) is 11.0. The van der Waals surface area contributed by atoms with Crippen LogP contribution in [-0.4, -0.2) is 61.7 Å². The van der Waals surface area contributed by atoms with Gasteiger partial charge in [0.2, 0.25) is 10.0 Å². The molecule has 1 saturated heterocycles. The number of nitrogens with one attached hydrogen (secondary N) is 1. The summed E-state index contributed by atoms with van der Waals surface area (Å²) in [4.78, 5) is 20.1. The normalized spacial score (nSPS) is 15.6. The monoisotopic (exact) mass is 490 g/mol. The third-order valence-corrected chi connectivity index (χ3v) is 8.64. The van der Waals surface area contributed by atoms with Crippen LogP contribution in [0.3, 0.4) is 0 Å². The van der Waals surface area contributed by atoms with Gasteiger partial charge in [-0.15, -0.1) is 11.3 Å². The molecule has 0 unspecified atom stereocenters. The molecule has 10 heteroatoms. The Hall–Kier alpha value is -2.30. The van der Waals surface area contributed by atoms with Crippen LogP contribution in [0.4, 0.5) is 5.69 Å². The molecule has 0 spiro atoms. The van der Waals surface area contributed by atoms with Crippen molar-refractivity contribution in [2.75, 3.05) is 38.5 Å². The van der Waals surface area contributed by atoms with E-state index < -0.39 is 10.0 Å². The van der Waals surface area contributed by atoms with Crippen molar-refractivity contribution in [2.24, 2.45) is 0 Å². The van der Waals surface area contributed by atoms with E-state index in [2.05, 4.69) is 15.2 Å². The lowest BCUT2D eigenvalue weighted by atomic mass is 10.2. The molecule has 0 aliphatic carbocycles. The van der Waals surface area contributed by atoms with Crippen LogP contribution in [0.2, 0.25) is 5.02 Å². The van der Waals surface area contributed by atoms with E-state index in [0.29, 0.717) is 52.5 Å². The SMILES string of the molecule is Cc1nc(-c2cccc(Cl)c2)sc1C(=O)Nc1ccc(S(=O)(=O)N2CCN(C)CC2)cc1. The van der Waals surface area contributed by atoms with Gasteiger partial charge in [0.1, 0.15) is 9.88 Å². The molecule has 0 radical (unpaired) electrons. The summed E-state index contributed by atoms with van der Waals surface area (Å²) < 4.78 is 27.2. The minimum Gasteiger partial charge on any atom is -0.321 e. The molecule has 0 bridgehead atoms. The number of benzene rings is 2. The lowest BCUT2D eigenvalue weighted by Crippen LogP contribution is -2.46. The second kappa shape index (κ2) is 9.29. The molecule has 1 amide bonds. The smallest absolute Gasteiger partial charge is 0.267 e. The van der Waals surface area contributed by atoms with Crippen LogP contribution in [-0.2, 0) is 10.0 Å². The number of carbonyl (C=O) groups excluding carboxylic acids is 1. The molecule has 2 heterocycles. The standard InChI is InChI=1S/C22H23ClN4O3S2/c1-15-20(31-22(24-15)16-4-3-5-17(23)14-16)21(28)25-18-6-8-19(9-7-18)32(29,30)27-12-10-26(2)11-13-27/h3-9,14H,10-13H2,1-2H3,(H,25,28). The number of hydrogen-bond donors (Lipinski definition) is 1. The molecule has 168 valence electrons. The zero-order valence-corrected chi connectivity index (χ0v) is 20.1. The second-order valence-electron chi connectivity index (χ2n) is 7.63. The van der Waals surface area contributed by atoms with Gasteiger partial charge in [0, 0.05) is 42.5 Å². The fraction of sp³-hybridized carbons (Fsp3) is 0.273. The van der Waals surface area contributed by atoms with E-state index in [1.54, 1.807) is 31.2 Å². The minimum atomic E-state index is -3.55. The number of aryl methyl sites for hydroxylation is 1. The van der Waals surface area contributed by atoms with E-state index in [9.17, 15) is 13.2 Å². The molecule has 7 nitrogen and oxygen atoms in total. The van der Waals surface area contributed by atoms with Crippen molar-refractivity contribution < 1.29 is 13.2 Å². The van der Waals surface area contributed by atoms with Crippen molar-refractivity contribution in [3.8, 4) is 10.6 Å². The van der Waals surface area contributed by atoms with Crippen LogP contribution >= 0.6 is 22.9 Å². The fourth-order valence-electron chi connectivity index (χ4n) is 3.43. The predicted molar refractivity (Wildman–Crippen MR) is 128 cm³/mol. The average molecular weight is 491 g/mol. The zero-order valence-electron chi connectivity index (χ0n) is 17.7. The van der Waals surface area contributed by atoms with Crippen molar-refractivity contribution >= 4 is 44.6 Å². The highest BCUT2D eigenvalue weighted by Gasteiger charge is 2.27. The Bertz CT molecular complexity index is 1230. The Morgan fingerprint density at radius 1 is 1.09 bits per heavy atom. The van der Waals surface area contributed by atoms with Gasteiger partial charge in [0.05, 0.1) is 10.6 Å². The van der Waals surface area contributed by atoms with Crippen LogP contribution in [0.15, 0.2) is 53.4 Å². The first-order chi connectivity index (χ1) is 15.2. The number of piperazine rings is 1. The van der Waals surface area contributed by atoms with Crippen molar-refractivity contribution in [3.63, 3.8) is 0 Å². The van der Waals surface area contributed by atoms with Gasteiger partial charge in [-0.05, 0) is 50.4 Å². The minimum absolute atomic E-state index is 0.220. The lowest BCUT2D eigenvalue weighted by molar-refractivity contribution is 0.103. The number of halogens is 1. The molecule has 0 saturated carbocycles. The maximum atomic E-state index is 12.9. The van der Waals surface area contributed by atoms with Gasteiger partial charge in [-0.1, -0.05) is 23.7 Å². The molecule has 1 fully saturated rings. The van der Waals surface area contributed by atoms with Crippen LogP contribution in [0.1, 0.15) is 15.4 Å². The fourth-order valence-corrected chi connectivity index (χ4v) is 6.00. The molecule has 2 aromatic carbocycles. The summed E-state index contributed by atoms with van der Waals surface area (Å²) in [5.74, 6) is -0.289. The number of thiazole rings is 1. The van der Waals surface area contributed by atoms with E-state index in [-0.39, 0.29) is 10.8 Å². The van der Waals surface area contributed by atoms with Gasteiger partial charge < -0.3 is 10.2 Å². The van der Waals surface area contributed by atoms with Crippen LogP contribution < -0.4 is 5.32 Å². The molecule has 4 rings (SSSR count). The van der Waals surface area contributed by atoms with E-state index in [1.165, 1.54) is 27.8 Å². The molecular formula is C22H23ClN4O3S2. The molecular weight excluding hydrogens is 468 g/mol. The largest absolute Gasteiger partial charge is 0.321 e. The summed E-state index contributed by atoms with van der Waals surface area (Å²) in [6.07, 6.45) is 0. The number of hydrogen-bond acceptors (Lipinski definition) is 6. The first kappa shape index (κ1) is 22.9. The predicted octanol–water partition coefficient (Wildman–Crippen LogP) is 3.96. The van der Waals surface area contributed by atoms with Crippen molar-refractivity contribution in [1.29, 1.82) is 0 Å². The number of nitrogens with zero attached hydrogens (tertiary/aromatic N) is 3. The zero-order chi connectivity index (χ0) is 22.9. The summed E-state index contributed by atoms with van der Waals surface area (Å²) in [5.41, 5.74) is 1.99. The Morgan fingerprint density at radius 3 is 2.44 bits per heavy atom. The summed E-state index contributed by atoms with van der Waals surface area (Å²) >= 11 is 7.35. The number of sulfonamides is 1. The van der Waals surface area contributed by atoms with Crippen molar-refractivity contribution in [1.82, 2.24) is 14.2 Å². The topological polar surface area (TPSA) is 82.6 Å². The van der Waals surface area contributed by atoms with Gasteiger partial charge in [0.15, 0.2) is 0 Å². The molecule has 1 aromatic heterocycles. The van der Waals surface area contributed by atoms with Crippen LogP contribution in [0.5, 0.6) is 0 Å². The number of amides is 1. The van der Waals surface area contributed by atoms with E-state index in [0.717, 1.165) is 5.56 Å². The molecule has 1 N–H and O–H groups in total.